The molecule has 1 fully saturated rings. The molecule has 0 aromatic heterocycles. The van der Waals surface area contributed by atoms with Gasteiger partial charge in [0.1, 0.15) is 41.5 Å². The number of hydrogen-bond acceptors (Lipinski definition) is 7. The first-order valence-corrected chi connectivity index (χ1v) is 23.9. The van der Waals surface area contributed by atoms with Crippen LogP contribution < -0.4 is 23.1 Å². The summed E-state index contributed by atoms with van der Waals surface area (Å²) in [5, 5.41) is 0.120. The van der Waals surface area contributed by atoms with Crippen LogP contribution in [0.3, 0.4) is 0 Å². The van der Waals surface area contributed by atoms with E-state index in [4.69, 9.17) is 23.1 Å². The van der Waals surface area contributed by atoms with Crippen LogP contribution in [0.25, 0.3) is 11.1 Å². The van der Waals surface area contributed by atoms with Gasteiger partial charge in [0, 0.05) is 48.1 Å². The fourth-order valence-electron chi connectivity index (χ4n) is 6.14. The minimum absolute atomic E-state index is 0.0564. The van der Waals surface area contributed by atoms with Crippen LogP contribution in [0.1, 0.15) is 83.6 Å². The van der Waals surface area contributed by atoms with Crippen LogP contribution in [0.4, 0.5) is 0 Å². The molecule has 272 valence electrons. The first-order chi connectivity index (χ1) is 23.8. The maximum atomic E-state index is 12.0. The molecule has 3 heterocycles. The number of hydrogen-bond donors (Lipinski definition) is 0. The quantitative estimate of drug-likeness (QED) is 0.160. The van der Waals surface area contributed by atoms with Crippen molar-refractivity contribution >= 4 is 39.6 Å². The Morgan fingerprint density at radius 3 is 1.80 bits per heavy atom. The maximum Gasteiger partial charge on any atom is 0.250 e. The number of likely N-dealkylation sites (tertiary alicyclic amines) is 1. The zero-order chi connectivity index (χ0) is 36.9. The van der Waals surface area contributed by atoms with Crippen molar-refractivity contribution in [3.05, 3.63) is 77.4 Å². The Morgan fingerprint density at radius 2 is 1.24 bits per heavy atom. The molecule has 0 saturated carbocycles. The molecule has 0 N–H and O–H groups in total. The van der Waals surface area contributed by atoms with Gasteiger partial charge >= 0.3 is 0 Å². The first kappa shape index (κ1) is 36.8. The average Bonchev–Trinajstić information content (AvgIpc) is 3.24. The molecular formula is C41H53NO7Si2. The lowest BCUT2D eigenvalue weighted by Gasteiger charge is -2.37. The van der Waals surface area contributed by atoms with Crippen molar-refractivity contribution in [2.75, 3.05) is 19.8 Å². The number of rotatable bonds is 9. The summed E-state index contributed by atoms with van der Waals surface area (Å²) in [4.78, 5) is 25.3. The maximum absolute atomic E-state index is 12.0. The molecule has 10 heteroatoms. The molecule has 0 spiro atoms. The van der Waals surface area contributed by atoms with Crippen molar-refractivity contribution in [1.82, 2.24) is 4.90 Å². The molecule has 3 aromatic carbocycles. The average molecular weight is 728 g/mol. The Morgan fingerprint density at radius 1 is 0.706 bits per heavy atom. The van der Waals surface area contributed by atoms with E-state index in [1.807, 2.05) is 36.4 Å². The number of amides is 2. The molecule has 1 atom stereocenters. The monoisotopic (exact) mass is 727 g/mol. The van der Waals surface area contributed by atoms with Crippen LogP contribution in [-0.2, 0) is 9.59 Å². The highest BCUT2D eigenvalue weighted by molar-refractivity contribution is 6.75. The minimum atomic E-state index is -2.08. The topological polar surface area (TPSA) is 83.5 Å². The highest BCUT2D eigenvalue weighted by Gasteiger charge is 2.41. The number of carbonyl (C=O) groups excluding carboxylic acids is 2. The van der Waals surface area contributed by atoms with Gasteiger partial charge in [0.25, 0.3) is 0 Å². The largest absolute Gasteiger partial charge is 0.543 e. The summed E-state index contributed by atoms with van der Waals surface area (Å²) in [5.41, 5.74) is 5.27. The lowest BCUT2D eigenvalue weighted by Crippen LogP contribution is -2.43. The summed E-state index contributed by atoms with van der Waals surface area (Å²) in [5.74, 6) is 3.60. The fourth-order valence-corrected chi connectivity index (χ4v) is 8.19. The number of fused-ring (bicyclic) bond motifs is 4. The van der Waals surface area contributed by atoms with Crippen LogP contribution in [0.2, 0.25) is 36.3 Å². The van der Waals surface area contributed by atoms with E-state index in [-0.39, 0.29) is 47.9 Å². The number of nitrogens with zero attached hydrogens (tertiary/aromatic N) is 1. The number of benzene rings is 3. The summed E-state index contributed by atoms with van der Waals surface area (Å²) < 4.78 is 32.8. The van der Waals surface area contributed by atoms with Crippen molar-refractivity contribution < 1.29 is 32.7 Å². The number of imide groups is 1. The minimum Gasteiger partial charge on any atom is -0.543 e. The van der Waals surface area contributed by atoms with E-state index in [2.05, 4.69) is 92.0 Å². The third kappa shape index (κ3) is 7.49. The van der Waals surface area contributed by atoms with Crippen molar-refractivity contribution in [3.8, 4) is 28.7 Å². The Bertz CT molecular complexity index is 1830. The molecule has 6 rings (SSSR count). The standard InChI is InChI=1S/C41H53NO7Si2/c1-40(2,3)50(7,8)48-29-16-18-33-34(25-29)46-23-21-32-31-17-15-30(49-51(9,10)41(4,5)6)26-35(31)47-39(38(32)33)27-11-13-28(14-12-27)45-24-22-42-36(43)19-20-37(42)44/h11-18,25-26,39H,19-24H2,1-10H3/t39-/m1/s1. The second-order valence-electron chi connectivity index (χ2n) is 16.9. The molecule has 8 nitrogen and oxygen atoms in total. The fraction of sp³-hybridized carbons (Fsp3) is 0.463. The first-order valence-electron chi connectivity index (χ1n) is 18.1. The molecular weight excluding hydrogens is 675 g/mol. The molecule has 2 amide bonds. The molecule has 3 aliphatic rings. The van der Waals surface area contributed by atoms with Crippen LogP contribution in [-0.4, -0.2) is 53.1 Å². The van der Waals surface area contributed by atoms with Gasteiger partial charge in [-0.2, -0.15) is 0 Å². The van der Waals surface area contributed by atoms with Gasteiger partial charge in [-0.05, 0) is 83.8 Å². The third-order valence-corrected chi connectivity index (χ3v) is 20.0. The van der Waals surface area contributed by atoms with Gasteiger partial charge in [-0.25, -0.2) is 0 Å². The van der Waals surface area contributed by atoms with Crippen molar-refractivity contribution in [1.29, 1.82) is 0 Å². The van der Waals surface area contributed by atoms with E-state index in [9.17, 15) is 9.59 Å². The molecule has 3 aromatic rings. The summed E-state index contributed by atoms with van der Waals surface area (Å²) in [6.07, 6.45) is 0.849. The molecule has 0 aliphatic carbocycles. The zero-order valence-electron chi connectivity index (χ0n) is 31.9. The van der Waals surface area contributed by atoms with Gasteiger partial charge in [-0.15, -0.1) is 0 Å². The lowest BCUT2D eigenvalue weighted by atomic mass is 9.84. The van der Waals surface area contributed by atoms with Crippen LogP contribution in [0.15, 0.2) is 60.7 Å². The summed E-state index contributed by atoms with van der Waals surface area (Å²) >= 11 is 0. The van der Waals surface area contributed by atoms with E-state index in [0.717, 1.165) is 45.3 Å². The second-order valence-corrected chi connectivity index (χ2v) is 26.3. The molecule has 3 aliphatic heterocycles. The van der Waals surface area contributed by atoms with Crippen molar-refractivity contribution in [2.24, 2.45) is 0 Å². The molecule has 0 bridgehead atoms. The smallest absolute Gasteiger partial charge is 0.250 e. The van der Waals surface area contributed by atoms with Crippen LogP contribution >= 0.6 is 0 Å². The molecule has 51 heavy (non-hydrogen) atoms. The summed E-state index contributed by atoms with van der Waals surface area (Å²) in [7, 11) is -4.15. The molecule has 1 saturated heterocycles. The van der Waals surface area contributed by atoms with E-state index < -0.39 is 22.7 Å². The Hall–Kier alpha value is -4.03. The SMILES string of the molecule is CC(C)(C)[Si](C)(C)Oc1ccc2c(c1)O[C@H](c1ccc(OCCN3C(=O)CCC3=O)cc1)C1=C2CCOc2cc(O[Si](C)(C)C(C)(C)C)ccc21. The van der Waals surface area contributed by atoms with Crippen molar-refractivity contribution in [2.45, 2.75) is 103 Å². The Balaban J connectivity index is 1.36. The predicted octanol–water partition coefficient (Wildman–Crippen LogP) is 9.81. The van der Waals surface area contributed by atoms with Crippen molar-refractivity contribution in [3.63, 3.8) is 0 Å². The van der Waals surface area contributed by atoms with Gasteiger partial charge in [-0.3, -0.25) is 14.5 Å². The Labute approximate surface area is 305 Å². The highest BCUT2D eigenvalue weighted by Crippen LogP contribution is 2.53. The van der Waals surface area contributed by atoms with E-state index in [1.54, 1.807) is 0 Å². The zero-order valence-corrected chi connectivity index (χ0v) is 33.9. The molecule has 0 unspecified atom stereocenters. The third-order valence-electron chi connectivity index (χ3n) is 11.2. The predicted molar refractivity (Wildman–Crippen MR) is 207 cm³/mol. The normalized spacial score (nSPS) is 17.9. The van der Waals surface area contributed by atoms with Gasteiger partial charge in [0.05, 0.1) is 13.2 Å². The van der Waals surface area contributed by atoms with Crippen LogP contribution in [0.5, 0.6) is 28.7 Å². The van der Waals surface area contributed by atoms with Gasteiger partial charge in [0.15, 0.2) is 0 Å². The van der Waals surface area contributed by atoms with E-state index >= 15 is 0 Å². The van der Waals surface area contributed by atoms with Crippen LogP contribution in [0, 0.1) is 0 Å². The summed E-state index contributed by atoms with van der Waals surface area (Å²) in [6, 6.07) is 20.4. The number of carbonyl (C=O) groups is 2. The van der Waals surface area contributed by atoms with E-state index in [0.29, 0.717) is 18.8 Å². The molecule has 0 radical (unpaired) electrons. The second kappa shape index (κ2) is 13.5. The van der Waals surface area contributed by atoms with Gasteiger partial charge < -0.3 is 23.1 Å². The number of ether oxygens (including phenoxy) is 3. The summed E-state index contributed by atoms with van der Waals surface area (Å²) in [6.45, 7) is 23.5. The van der Waals surface area contributed by atoms with Gasteiger partial charge in [-0.1, -0.05) is 53.7 Å². The lowest BCUT2D eigenvalue weighted by molar-refractivity contribution is -0.138. The highest BCUT2D eigenvalue weighted by atomic mass is 28.4. The Kier molecular flexibility index (Phi) is 9.73. The van der Waals surface area contributed by atoms with E-state index in [1.165, 1.54) is 10.5 Å². The van der Waals surface area contributed by atoms with Gasteiger partial charge in [0.2, 0.25) is 28.4 Å².